The molecule has 1 radical (unpaired) electrons. The van der Waals surface area contributed by atoms with Crippen LogP contribution >= 0.6 is 0 Å². The maximum atomic E-state index is 9.52. The predicted molar refractivity (Wildman–Crippen MR) is 94.0 cm³/mol. The van der Waals surface area contributed by atoms with Crippen LogP contribution in [0.15, 0.2) is 72.8 Å². The van der Waals surface area contributed by atoms with Crippen LogP contribution in [0.4, 0.5) is 0 Å². The van der Waals surface area contributed by atoms with Crippen molar-refractivity contribution in [3.05, 3.63) is 112 Å². The van der Waals surface area contributed by atoms with Crippen LogP contribution in [0.3, 0.4) is 0 Å². The predicted octanol–water partition coefficient (Wildman–Crippen LogP) is 4.32. The van der Waals surface area contributed by atoms with E-state index in [4.69, 9.17) is 0 Å². The molecule has 3 aromatic carbocycles. The maximum Gasteiger partial charge on any atom is 0.0994 e. The minimum absolute atomic E-state index is 0.498. The van der Waals surface area contributed by atoms with Gasteiger partial charge < -0.3 is 0 Å². The molecule has 0 unspecified atom stereocenters. The molecule has 3 aromatic rings. The summed E-state index contributed by atoms with van der Waals surface area (Å²) in [4.78, 5) is 0. The first-order valence-corrected chi connectivity index (χ1v) is 7.65. The summed E-state index contributed by atoms with van der Waals surface area (Å²) in [5, 5.41) is 28.6. The van der Waals surface area contributed by atoms with Crippen molar-refractivity contribution in [2.75, 3.05) is 0 Å². The Kier molecular flexibility index (Phi) is 4.57. The summed E-state index contributed by atoms with van der Waals surface area (Å²) < 4.78 is 0. The van der Waals surface area contributed by atoms with E-state index in [-0.39, 0.29) is 0 Å². The second-order valence-electron chi connectivity index (χ2n) is 5.35. The van der Waals surface area contributed by atoms with Crippen LogP contribution in [-0.4, -0.2) is 0 Å². The van der Waals surface area contributed by atoms with E-state index in [0.29, 0.717) is 39.3 Å². The first kappa shape index (κ1) is 16.0. The fraction of sp³-hybridized carbons (Fsp3) is 0. The zero-order chi connectivity index (χ0) is 17.6. The van der Waals surface area contributed by atoms with Gasteiger partial charge in [0.25, 0.3) is 0 Å². The lowest BCUT2D eigenvalue weighted by Crippen LogP contribution is -2.10. The average molecular weight is 318 g/mol. The minimum Gasteiger partial charge on any atom is -0.192 e. The van der Waals surface area contributed by atoms with Gasteiger partial charge in [-0.15, -0.1) is 0 Å². The number of hydrogen-bond donors (Lipinski definition) is 0. The van der Waals surface area contributed by atoms with Crippen LogP contribution in [0.2, 0.25) is 0 Å². The Morgan fingerprint density at radius 2 is 0.760 bits per heavy atom. The Morgan fingerprint density at radius 1 is 0.480 bits per heavy atom. The molecular formula is C22H12N3. The first-order valence-electron chi connectivity index (χ1n) is 7.65. The zero-order valence-electron chi connectivity index (χ0n) is 13.3. The standard InChI is InChI=1S/C22H12N3/c23-13-16-7-1-4-10-19(16)22(20-11-5-2-8-17(20)14-24)21-12-6-3-9-18(21)15-25/h1-12H. The van der Waals surface area contributed by atoms with Crippen LogP contribution in [0.5, 0.6) is 0 Å². The molecule has 3 nitrogen and oxygen atoms in total. The SMILES string of the molecule is N#Cc1ccccc1[C](c1ccccc1C#N)c1ccccc1C#N. The van der Waals surface area contributed by atoms with E-state index in [9.17, 15) is 15.8 Å². The van der Waals surface area contributed by atoms with Gasteiger partial charge in [0.1, 0.15) is 0 Å². The lowest BCUT2D eigenvalue weighted by Gasteiger charge is -2.21. The Hall–Kier alpha value is -3.87. The maximum absolute atomic E-state index is 9.52. The highest BCUT2D eigenvalue weighted by atomic mass is 14.3. The van der Waals surface area contributed by atoms with Gasteiger partial charge in [-0.05, 0) is 34.9 Å². The highest BCUT2D eigenvalue weighted by Crippen LogP contribution is 2.36. The topological polar surface area (TPSA) is 71.4 Å². The third kappa shape index (κ3) is 2.98. The van der Waals surface area contributed by atoms with Gasteiger partial charge >= 0.3 is 0 Å². The molecule has 0 fully saturated rings. The summed E-state index contributed by atoms with van der Waals surface area (Å²) >= 11 is 0. The van der Waals surface area contributed by atoms with Gasteiger partial charge in [0, 0.05) is 0 Å². The normalized spacial score (nSPS) is 9.84. The number of nitrogens with zero attached hydrogens (tertiary/aromatic N) is 3. The van der Waals surface area contributed by atoms with Crippen LogP contribution in [0.1, 0.15) is 33.4 Å². The monoisotopic (exact) mass is 318 g/mol. The summed E-state index contributed by atoms with van der Waals surface area (Å²) in [7, 11) is 0. The first-order chi connectivity index (χ1) is 12.3. The molecule has 0 N–H and O–H groups in total. The minimum atomic E-state index is 0.498. The second-order valence-corrected chi connectivity index (χ2v) is 5.35. The second kappa shape index (κ2) is 7.14. The van der Waals surface area contributed by atoms with Gasteiger partial charge in [0.05, 0.1) is 40.8 Å². The van der Waals surface area contributed by atoms with E-state index in [1.54, 1.807) is 36.4 Å². The smallest absolute Gasteiger partial charge is 0.0994 e. The molecule has 0 bridgehead atoms. The van der Waals surface area contributed by atoms with Crippen molar-refractivity contribution in [3.63, 3.8) is 0 Å². The van der Waals surface area contributed by atoms with E-state index in [1.165, 1.54) is 0 Å². The molecule has 25 heavy (non-hydrogen) atoms. The summed E-state index contributed by atoms with van der Waals surface area (Å²) in [5.74, 6) is 0.714. The third-order valence-corrected chi connectivity index (χ3v) is 3.95. The Morgan fingerprint density at radius 3 is 1.04 bits per heavy atom. The molecule has 0 aromatic heterocycles. The highest BCUT2D eigenvalue weighted by Gasteiger charge is 2.25. The van der Waals surface area contributed by atoms with Gasteiger partial charge in [-0.1, -0.05) is 54.6 Å². The fourth-order valence-electron chi connectivity index (χ4n) is 2.83. The molecule has 0 atom stereocenters. The lowest BCUT2D eigenvalue weighted by atomic mass is 9.79. The summed E-state index contributed by atoms with van der Waals surface area (Å²) in [6.45, 7) is 0. The molecule has 3 heteroatoms. The van der Waals surface area contributed by atoms with Crippen LogP contribution in [0, 0.1) is 39.9 Å². The van der Waals surface area contributed by atoms with E-state index in [2.05, 4.69) is 18.2 Å². The van der Waals surface area contributed by atoms with Gasteiger partial charge in [0.2, 0.25) is 0 Å². The highest BCUT2D eigenvalue weighted by molar-refractivity contribution is 5.67. The number of hydrogen-bond acceptors (Lipinski definition) is 3. The van der Waals surface area contributed by atoms with Crippen LogP contribution in [-0.2, 0) is 0 Å². The molecule has 115 valence electrons. The zero-order valence-corrected chi connectivity index (χ0v) is 13.3. The molecule has 0 amide bonds. The van der Waals surface area contributed by atoms with Gasteiger partial charge in [0.15, 0.2) is 0 Å². The Bertz CT molecular complexity index is 909. The molecule has 3 rings (SSSR count). The molecule has 0 aliphatic heterocycles. The lowest BCUT2D eigenvalue weighted by molar-refractivity contribution is 1.19. The van der Waals surface area contributed by atoms with Gasteiger partial charge in [-0.25, -0.2) is 0 Å². The molecule has 0 heterocycles. The average Bonchev–Trinajstić information content (AvgIpc) is 2.69. The third-order valence-electron chi connectivity index (χ3n) is 3.95. The number of rotatable bonds is 3. The largest absolute Gasteiger partial charge is 0.192 e. The molecule has 0 aliphatic rings. The van der Waals surface area contributed by atoms with Crippen LogP contribution in [0.25, 0.3) is 0 Å². The van der Waals surface area contributed by atoms with Crippen molar-refractivity contribution >= 4 is 0 Å². The molecule has 0 saturated heterocycles. The quantitative estimate of drug-likeness (QED) is 0.675. The Labute approximate surface area is 146 Å². The summed E-state index contributed by atoms with van der Waals surface area (Å²) in [5.41, 5.74) is 3.61. The van der Waals surface area contributed by atoms with E-state index in [1.807, 2.05) is 36.4 Å². The van der Waals surface area contributed by atoms with Crippen molar-refractivity contribution in [1.29, 1.82) is 15.8 Å². The van der Waals surface area contributed by atoms with E-state index < -0.39 is 0 Å². The van der Waals surface area contributed by atoms with Crippen LogP contribution < -0.4 is 0 Å². The fourth-order valence-corrected chi connectivity index (χ4v) is 2.83. The van der Waals surface area contributed by atoms with E-state index >= 15 is 0 Å². The van der Waals surface area contributed by atoms with Crippen molar-refractivity contribution < 1.29 is 0 Å². The van der Waals surface area contributed by atoms with E-state index in [0.717, 1.165) is 0 Å². The molecule has 0 spiro atoms. The van der Waals surface area contributed by atoms with Crippen molar-refractivity contribution in [2.24, 2.45) is 0 Å². The Balaban J connectivity index is 2.36. The number of benzene rings is 3. The molecule has 0 aliphatic carbocycles. The van der Waals surface area contributed by atoms with Gasteiger partial charge in [-0.2, -0.15) is 15.8 Å². The molecule has 0 saturated carbocycles. The van der Waals surface area contributed by atoms with Crippen molar-refractivity contribution in [1.82, 2.24) is 0 Å². The van der Waals surface area contributed by atoms with Crippen molar-refractivity contribution in [2.45, 2.75) is 0 Å². The van der Waals surface area contributed by atoms with Gasteiger partial charge in [-0.3, -0.25) is 0 Å². The number of nitriles is 3. The molecular weight excluding hydrogens is 306 g/mol. The summed E-state index contributed by atoms with van der Waals surface area (Å²) in [6, 6.07) is 28.3. The summed E-state index contributed by atoms with van der Waals surface area (Å²) in [6.07, 6.45) is 0. The van der Waals surface area contributed by atoms with Crippen molar-refractivity contribution in [3.8, 4) is 18.2 Å².